The van der Waals surface area contributed by atoms with Gasteiger partial charge in [0.15, 0.2) is 5.69 Å². The molecule has 0 saturated heterocycles. The highest BCUT2D eigenvalue weighted by Crippen LogP contribution is 2.17. The molecule has 2 aromatic carbocycles. The summed E-state index contributed by atoms with van der Waals surface area (Å²) in [5.41, 5.74) is 1.07. The highest BCUT2D eigenvalue weighted by Gasteiger charge is 2.14. The summed E-state index contributed by atoms with van der Waals surface area (Å²) in [6.07, 6.45) is 0. The minimum atomic E-state index is -0.479. The van der Waals surface area contributed by atoms with Crippen LogP contribution >= 0.6 is 11.6 Å². The van der Waals surface area contributed by atoms with E-state index in [1.807, 2.05) is 24.3 Å². The number of nitrogens with one attached hydrogen (secondary N) is 1. The lowest BCUT2D eigenvalue weighted by atomic mass is 10.2. The maximum Gasteiger partial charge on any atom is 0.359 e. The fraction of sp³-hybridized carbons (Fsp3) is 0.125. The molecule has 0 amide bonds. The number of rotatable bonds is 5. The molecule has 0 bridgehead atoms. The first-order valence-corrected chi connectivity index (χ1v) is 7.10. The van der Waals surface area contributed by atoms with E-state index in [2.05, 4.69) is 10.2 Å². The molecule has 0 saturated carbocycles. The van der Waals surface area contributed by atoms with Crippen LogP contribution in [0.15, 0.2) is 48.5 Å². The van der Waals surface area contributed by atoms with Crippen LogP contribution in [0.3, 0.4) is 0 Å². The summed E-state index contributed by atoms with van der Waals surface area (Å²) in [7, 11) is 0. The molecule has 1 aromatic heterocycles. The van der Waals surface area contributed by atoms with E-state index in [-0.39, 0.29) is 18.9 Å². The van der Waals surface area contributed by atoms with Crippen molar-refractivity contribution in [2.75, 3.05) is 13.2 Å². The van der Waals surface area contributed by atoms with E-state index >= 15 is 0 Å². The van der Waals surface area contributed by atoms with Crippen LogP contribution in [0.1, 0.15) is 10.5 Å². The zero-order chi connectivity index (χ0) is 15.4. The lowest BCUT2D eigenvalue weighted by Crippen LogP contribution is -2.13. The number of ether oxygens (including phenoxy) is 2. The number of benzene rings is 2. The molecule has 0 radical (unpaired) electrons. The van der Waals surface area contributed by atoms with Gasteiger partial charge in [0.2, 0.25) is 0 Å². The van der Waals surface area contributed by atoms with Gasteiger partial charge in [-0.3, -0.25) is 5.10 Å². The second-order valence-electron chi connectivity index (χ2n) is 4.56. The molecule has 112 valence electrons. The van der Waals surface area contributed by atoms with Crippen LogP contribution in [0.25, 0.3) is 10.9 Å². The van der Waals surface area contributed by atoms with Gasteiger partial charge in [-0.15, -0.1) is 0 Å². The van der Waals surface area contributed by atoms with Crippen LogP contribution in [-0.2, 0) is 4.74 Å². The van der Waals surface area contributed by atoms with E-state index in [1.54, 1.807) is 24.3 Å². The topological polar surface area (TPSA) is 64.2 Å². The molecule has 1 heterocycles. The molecule has 1 N–H and O–H groups in total. The summed E-state index contributed by atoms with van der Waals surface area (Å²) in [5, 5.41) is 8.11. The molecule has 0 fully saturated rings. The summed E-state index contributed by atoms with van der Waals surface area (Å²) in [5.74, 6) is 0.154. The molecule has 22 heavy (non-hydrogen) atoms. The number of hydrogen-bond donors (Lipinski definition) is 1. The van der Waals surface area contributed by atoms with Gasteiger partial charge < -0.3 is 9.47 Å². The Morgan fingerprint density at radius 1 is 1.14 bits per heavy atom. The van der Waals surface area contributed by atoms with Crippen LogP contribution in [0.2, 0.25) is 5.02 Å². The third kappa shape index (κ3) is 3.20. The Hall–Kier alpha value is -2.53. The van der Waals surface area contributed by atoms with Crippen LogP contribution in [-0.4, -0.2) is 29.4 Å². The first-order chi connectivity index (χ1) is 10.7. The van der Waals surface area contributed by atoms with Gasteiger partial charge in [-0.1, -0.05) is 35.9 Å². The second-order valence-corrected chi connectivity index (χ2v) is 5.00. The molecule has 5 nitrogen and oxygen atoms in total. The molecule has 3 aromatic rings. The van der Waals surface area contributed by atoms with Crippen molar-refractivity contribution < 1.29 is 14.3 Å². The molecular formula is C16H13ClN2O3. The van der Waals surface area contributed by atoms with Gasteiger partial charge in [-0.2, -0.15) is 5.10 Å². The number of hydrogen-bond acceptors (Lipinski definition) is 4. The Bertz CT molecular complexity index is 801. The third-order valence-corrected chi connectivity index (χ3v) is 3.28. The Morgan fingerprint density at radius 3 is 2.86 bits per heavy atom. The van der Waals surface area contributed by atoms with Crippen molar-refractivity contribution >= 4 is 28.5 Å². The van der Waals surface area contributed by atoms with Gasteiger partial charge in [-0.05, 0) is 24.3 Å². The minimum absolute atomic E-state index is 0.131. The molecule has 0 spiro atoms. The van der Waals surface area contributed by atoms with Gasteiger partial charge in [0, 0.05) is 10.4 Å². The van der Waals surface area contributed by atoms with E-state index in [0.29, 0.717) is 10.8 Å². The standard InChI is InChI=1S/C16H13ClN2O3/c17-11-4-3-5-12(10-11)21-8-9-22-16(20)15-13-6-1-2-7-14(13)18-19-15/h1-7,10H,8-9H2,(H,18,19). The highest BCUT2D eigenvalue weighted by atomic mass is 35.5. The van der Waals surface area contributed by atoms with Gasteiger partial charge >= 0.3 is 5.97 Å². The Labute approximate surface area is 131 Å². The Balaban J connectivity index is 1.54. The number of H-pyrrole nitrogens is 1. The smallest absolute Gasteiger partial charge is 0.359 e. The maximum atomic E-state index is 12.0. The van der Waals surface area contributed by atoms with Crippen LogP contribution < -0.4 is 4.74 Å². The van der Waals surface area contributed by atoms with Crippen molar-refractivity contribution in [3.63, 3.8) is 0 Å². The van der Waals surface area contributed by atoms with E-state index in [1.165, 1.54) is 0 Å². The summed E-state index contributed by atoms with van der Waals surface area (Å²) >= 11 is 5.85. The van der Waals surface area contributed by atoms with Crippen molar-refractivity contribution in [1.29, 1.82) is 0 Å². The van der Waals surface area contributed by atoms with Gasteiger partial charge in [0.05, 0.1) is 5.52 Å². The zero-order valence-corrected chi connectivity index (χ0v) is 12.3. The molecule has 0 aliphatic rings. The van der Waals surface area contributed by atoms with Crippen LogP contribution in [0.4, 0.5) is 0 Å². The van der Waals surface area contributed by atoms with Gasteiger partial charge in [0.1, 0.15) is 19.0 Å². The van der Waals surface area contributed by atoms with Crippen molar-refractivity contribution in [3.05, 3.63) is 59.2 Å². The summed E-state index contributed by atoms with van der Waals surface area (Å²) in [6, 6.07) is 14.4. The Kier molecular flexibility index (Phi) is 4.25. The van der Waals surface area contributed by atoms with E-state index < -0.39 is 5.97 Å². The molecule has 0 aliphatic heterocycles. The summed E-state index contributed by atoms with van der Waals surface area (Å²) < 4.78 is 10.6. The fourth-order valence-electron chi connectivity index (χ4n) is 2.04. The van der Waals surface area contributed by atoms with E-state index in [9.17, 15) is 4.79 Å². The molecule has 0 atom stereocenters. The summed E-state index contributed by atoms with van der Waals surface area (Å²) in [6.45, 7) is 0.376. The number of fused-ring (bicyclic) bond motifs is 1. The van der Waals surface area contributed by atoms with E-state index in [0.717, 1.165) is 10.9 Å². The number of para-hydroxylation sites is 1. The minimum Gasteiger partial charge on any atom is -0.490 e. The van der Waals surface area contributed by atoms with Crippen molar-refractivity contribution in [3.8, 4) is 5.75 Å². The van der Waals surface area contributed by atoms with Crippen molar-refractivity contribution in [2.24, 2.45) is 0 Å². The number of halogens is 1. The average molecular weight is 317 g/mol. The predicted octanol–water partition coefficient (Wildman–Crippen LogP) is 3.45. The Morgan fingerprint density at radius 2 is 2.00 bits per heavy atom. The van der Waals surface area contributed by atoms with Crippen molar-refractivity contribution in [2.45, 2.75) is 0 Å². The fourth-order valence-corrected chi connectivity index (χ4v) is 2.22. The monoisotopic (exact) mass is 316 g/mol. The lowest BCUT2D eigenvalue weighted by Gasteiger charge is -2.06. The summed E-state index contributed by atoms with van der Waals surface area (Å²) in [4.78, 5) is 12.0. The maximum absolute atomic E-state index is 12.0. The average Bonchev–Trinajstić information content (AvgIpc) is 2.95. The number of carbonyl (C=O) groups is 1. The number of carbonyl (C=O) groups excluding carboxylic acids is 1. The van der Waals surface area contributed by atoms with Crippen molar-refractivity contribution in [1.82, 2.24) is 10.2 Å². The van der Waals surface area contributed by atoms with Crippen LogP contribution in [0.5, 0.6) is 5.75 Å². The van der Waals surface area contributed by atoms with Crippen LogP contribution in [0, 0.1) is 0 Å². The number of aromatic nitrogens is 2. The van der Waals surface area contributed by atoms with E-state index in [4.69, 9.17) is 21.1 Å². The lowest BCUT2D eigenvalue weighted by molar-refractivity contribution is 0.0446. The second kappa shape index (κ2) is 6.49. The normalized spacial score (nSPS) is 10.6. The highest BCUT2D eigenvalue weighted by molar-refractivity contribution is 6.30. The first kappa shape index (κ1) is 14.4. The molecule has 0 aliphatic carbocycles. The third-order valence-electron chi connectivity index (χ3n) is 3.04. The van der Waals surface area contributed by atoms with Gasteiger partial charge in [0.25, 0.3) is 0 Å². The quantitative estimate of drug-likeness (QED) is 0.578. The van der Waals surface area contributed by atoms with Gasteiger partial charge in [-0.25, -0.2) is 4.79 Å². The number of nitrogens with zero attached hydrogens (tertiary/aromatic N) is 1. The zero-order valence-electron chi connectivity index (χ0n) is 11.6. The molecule has 3 rings (SSSR count). The number of aromatic amines is 1. The largest absolute Gasteiger partial charge is 0.490 e. The number of esters is 1. The molecule has 0 unspecified atom stereocenters. The first-order valence-electron chi connectivity index (χ1n) is 6.72. The predicted molar refractivity (Wildman–Crippen MR) is 83.3 cm³/mol. The SMILES string of the molecule is O=C(OCCOc1cccc(Cl)c1)c1n[nH]c2ccccc12. The molecule has 6 heteroatoms. The molecular weight excluding hydrogens is 304 g/mol.